The number of nitrogen functional groups attached to an aromatic ring is 1. The molecule has 0 radical (unpaired) electrons. The third kappa shape index (κ3) is 2.85. The SMILES string of the molecule is CCCN(CC1CC1)c1ccnc(NN)c1. The molecule has 0 aliphatic heterocycles. The van der Waals surface area contributed by atoms with E-state index < -0.39 is 0 Å². The Kier molecular flexibility index (Phi) is 3.62. The minimum absolute atomic E-state index is 0.731. The van der Waals surface area contributed by atoms with Gasteiger partial charge in [-0.25, -0.2) is 10.8 Å². The van der Waals surface area contributed by atoms with Crippen LogP contribution in [-0.4, -0.2) is 18.1 Å². The van der Waals surface area contributed by atoms with Gasteiger partial charge in [0, 0.05) is 31.0 Å². The summed E-state index contributed by atoms with van der Waals surface area (Å²) in [5, 5.41) is 0. The van der Waals surface area contributed by atoms with Crippen LogP contribution >= 0.6 is 0 Å². The first kappa shape index (κ1) is 11.2. The van der Waals surface area contributed by atoms with Gasteiger partial charge < -0.3 is 10.3 Å². The molecule has 0 saturated heterocycles. The molecule has 1 saturated carbocycles. The normalized spacial score (nSPS) is 14.9. The summed E-state index contributed by atoms with van der Waals surface area (Å²) in [4.78, 5) is 6.56. The maximum Gasteiger partial charge on any atom is 0.141 e. The van der Waals surface area contributed by atoms with E-state index in [9.17, 15) is 0 Å². The fraction of sp³-hybridized carbons (Fsp3) is 0.583. The number of anilines is 2. The highest BCUT2D eigenvalue weighted by Crippen LogP contribution is 2.31. The van der Waals surface area contributed by atoms with Crippen LogP contribution in [0.5, 0.6) is 0 Å². The minimum atomic E-state index is 0.731. The van der Waals surface area contributed by atoms with Crippen molar-refractivity contribution in [1.82, 2.24) is 4.98 Å². The predicted molar refractivity (Wildman–Crippen MR) is 67.3 cm³/mol. The Balaban J connectivity index is 2.08. The summed E-state index contributed by atoms with van der Waals surface area (Å²) in [6.07, 6.45) is 5.74. The summed E-state index contributed by atoms with van der Waals surface area (Å²) >= 11 is 0. The van der Waals surface area contributed by atoms with Gasteiger partial charge in [0.25, 0.3) is 0 Å². The molecule has 0 atom stereocenters. The van der Waals surface area contributed by atoms with Gasteiger partial charge in [-0.05, 0) is 31.2 Å². The molecule has 1 fully saturated rings. The number of hydrazine groups is 1. The topological polar surface area (TPSA) is 54.2 Å². The molecule has 0 amide bonds. The second-order valence-corrected chi connectivity index (χ2v) is 4.43. The molecule has 1 aromatic heterocycles. The summed E-state index contributed by atoms with van der Waals surface area (Å²) in [5.74, 6) is 7.00. The number of nitrogens with zero attached hydrogens (tertiary/aromatic N) is 2. The minimum Gasteiger partial charge on any atom is -0.371 e. The van der Waals surface area contributed by atoms with Crippen molar-refractivity contribution < 1.29 is 0 Å². The third-order valence-electron chi connectivity index (χ3n) is 2.93. The van der Waals surface area contributed by atoms with Crippen molar-refractivity contribution in [2.24, 2.45) is 11.8 Å². The third-order valence-corrected chi connectivity index (χ3v) is 2.93. The van der Waals surface area contributed by atoms with E-state index in [0.29, 0.717) is 0 Å². The molecule has 0 bridgehead atoms. The van der Waals surface area contributed by atoms with Crippen LogP contribution in [0, 0.1) is 5.92 Å². The monoisotopic (exact) mass is 220 g/mol. The summed E-state index contributed by atoms with van der Waals surface area (Å²) in [5.41, 5.74) is 3.81. The van der Waals surface area contributed by atoms with Gasteiger partial charge in [0.05, 0.1) is 0 Å². The van der Waals surface area contributed by atoms with Gasteiger partial charge in [-0.1, -0.05) is 6.92 Å². The molecule has 88 valence electrons. The Labute approximate surface area is 96.8 Å². The van der Waals surface area contributed by atoms with E-state index in [-0.39, 0.29) is 0 Å². The molecule has 4 heteroatoms. The fourth-order valence-electron chi connectivity index (χ4n) is 1.90. The van der Waals surface area contributed by atoms with Crippen LogP contribution in [0.1, 0.15) is 26.2 Å². The predicted octanol–water partition coefficient (Wildman–Crippen LogP) is 1.99. The molecule has 1 aliphatic carbocycles. The molecule has 2 rings (SSSR count). The zero-order valence-electron chi connectivity index (χ0n) is 9.82. The Morgan fingerprint density at radius 2 is 2.38 bits per heavy atom. The summed E-state index contributed by atoms with van der Waals surface area (Å²) in [7, 11) is 0. The van der Waals surface area contributed by atoms with Crippen LogP contribution in [0.25, 0.3) is 0 Å². The average Bonchev–Trinajstić information content (AvgIpc) is 3.12. The van der Waals surface area contributed by atoms with Crippen molar-refractivity contribution in [2.75, 3.05) is 23.4 Å². The first-order valence-electron chi connectivity index (χ1n) is 6.01. The van der Waals surface area contributed by atoms with Crippen molar-refractivity contribution >= 4 is 11.5 Å². The molecular formula is C12H20N4. The van der Waals surface area contributed by atoms with E-state index in [0.717, 1.165) is 18.3 Å². The smallest absolute Gasteiger partial charge is 0.141 e. The summed E-state index contributed by atoms with van der Waals surface area (Å²) < 4.78 is 0. The number of nitrogens with one attached hydrogen (secondary N) is 1. The van der Waals surface area contributed by atoms with Crippen molar-refractivity contribution in [3.8, 4) is 0 Å². The molecule has 0 aromatic carbocycles. The van der Waals surface area contributed by atoms with E-state index in [1.807, 2.05) is 6.07 Å². The van der Waals surface area contributed by atoms with Crippen LogP contribution in [0.3, 0.4) is 0 Å². The molecule has 3 N–H and O–H groups in total. The van der Waals surface area contributed by atoms with E-state index in [2.05, 4.69) is 28.3 Å². The molecule has 4 nitrogen and oxygen atoms in total. The lowest BCUT2D eigenvalue weighted by atomic mass is 10.2. The van der Waals surface area contributed by atoms with Gasteiger partial charge >= 0.3 is 0 Å². The Morgan fingerprint density at radius 1 is 1.56 bits per heavy atom. The second kappa shape index (κ2) is 5.16. The van der Waals surface area contributed by atoms with E-state index in [1.165, 1.54) is 31.5 Å². The highest BCUT2D eigenvalue weighted by atomic mass is 15.3. The van der Waals surface area contributed by atoms with Gasteiger partial charge in [0.15, 0.2) is 0 Å². The molecular weight excluding hydrogens is 200 g/mol. The number of aromatic nitrogens is 1. The number of pyridine rings is 1. The maximum absolute atomic E-state index is 5.38. The van der Waals surface area contributed by atoms with Crippen LogP contribution in [-0.2, 0) is 0 Å². The lowest BCUT2D eigenvalue weighted by Crippen LogP contribution is -2.26. The first-order chi connectivity index (χ1) is 7.83. The van der Waals surface area contributed by atoms with Crippen LogP contribution in [0.2, 0.25) is 0 Å². The molecule has 0 unspecified atom stereocenters. The Morgan fingerprint density at radius 3 is 3.00 bits per heavy atom. The quantitative estimate of drug-likeness (QED) is 0.568. The largest absolute Gasteiger partial charge is 0.371 e. The highest BCUT2D eigenvalue weighted by molar-refractivity contribution is 5.53. The maximum atomic E-state index is 5.38. The van der Waals surface area contributed by atoms with Gasteiger partial charge in [0.2, 0.25) is 0 Å². The lowest BCUT2D eigenvalue weighted by molar-refractivity contribution is 0.708. The second-order valence-electron chi connectivity index (χ2n) is 4.43. The number of nitrogens with two attached hydrogens (primary N) is 1. The molecule has 1 aromatic rings. The number of hydrogen-bond donors (Lipinski definition) is 2. The zero-order chi connectivity index (χ0) is 11.4. The van der Waals surface area contributed by atoms with Gasteiger partial charge in [-0.2, -0.15) is 0 Å². The Bertz CT molecular complexity index is 336. The van der Waals surface area contributed by atoms with Gasteiger partial charge in [-0.3, -0.25) is 0 Å². The van der Waals surface area contributed by atoms with Crippen molar-refractivity contribution in [3.05, 3.63) is 18.3 Å². The molecule has 1 aliphatic rings. The van der Waals surface area contributed by atoms with Gasteiger partial charge in [-0.15, -0.1) is 0 Å². The van der Waals surface area contributed by atoms with Gasteiger partial charge in [0.1, 0.15) is 5.82 Å². The Hall–Kier alpha value is -1.29. The van der Waals surface area contributed by atoms with Crippen molar-refractivity contribution in [2.45, 2.75) is 26.2 Å². The van der Waals surface area contributed by atoms with Crippen LogP contribution in [0.15, 0.2) is 18.3 Å². The van der Waals surface area contributed by atoms with E-state index in [4.69, 9.17) is 5.84 Å². The molecule has 0 spiro atoms. The van der Waals surface area contributed by atoms with Crippen molar-refractivity contribution in [3.63, 3.8) is 0 Å². The fourth-order valence-corrected chi connectivity index (χ4v) is 1.90. The van der Waals surface area contributed by atoms with E-state index in [1.54, 1.807) is 6.20 Å². The van der Waals surface area contributed by atoms with Crippen molar-refractivity contribution in [1.29, 1.82) is 0 Å². The highest BCUT2D eigenvalue weighted by Gasteiger charge is 2.24. The zero-order valence-corrected chi connectivity index (χ0v) is 9.82. The van der Waals surface area contributed by atoms with Crippen LogP contribution < -0.4 is 16.2 Å². The first-order valence-corrected chi connectivity index (χ1v) is 6.01. The van der Waals surface area contributed by atoms with Crippen LogP contribution in [0.4, 0.5) is 11.5 Å². The summed E-state index contributed by atoms with van der Waals surface area (Å²) in [6.45, 7) is 4.48. The molecule has 1 heterocycles. The number of rotatable bonds is 6. The number of hydrogen-bond acceptors (Lipinski definition) is 4. The average molecular weight is 220 g/mol. The molecule has 16 heavy (non-hydrogen) atoms. The standard InChI is InChI=1S/C12H20N4/c1-2-7-16(9-10-3-4-10)11-5-6-14-12(8-11)15-13/h5-6,8,10H,2-4,7,9,13H2,1H3,(H,14,15). The van der Waals surface area contributed by atoms with E-state index >= 15 is 0 Å². The lowest BCUT2D eigenvalue weighted by Gasteiger charge is -2.24. The summed E-state index contributed by atoms with van der Waals surface area (Å²) in [6, 6.07) is 4.07.